The summed E-state index contributed by atoms with van der Waals surface area (Å²) in [6.45, 7) is 9.31. The minimum atomic E-state index is 0.194. The van der Waals surface area contributed by atoms with E-state index in [1.165, 1.54) is 16.7 Å². The van der Waals surface area contributed by atoms with E-state index in [0.717, 1.165) is 19.5 Å². The van der Waals surface area contributed by atoms with Crippen LogP contribution in [0.15, 0.2) is 47.3 Å². The monoisotopic (exact) mass is 313 g/mol. The second-order valence-corrected chi connectivity index (χ2v) is 7.45. The Labute approximate surface area is 139 Å². The molecule has 2 heterocycles. The van der Waals surface area contributed by atoms with Gasteiger partial charge in [0.15, 0.2) is 0 Å². The van der Waals surface area contributed by atoms with Crippen molar-refractivity contribution < 1.29 is 9.15 Å². The Hall–Kier alpha value is -1.58. The summed E-state index contributed by atoms with van der Waals surface area (Å²) in [7, 11) is 0. The molecule has 3 nitrogen and oxygen atoms in total. The summed E-state index contributed by atoms with van der Waals surface area (Å²) >= 11 is 0. The lowest BCUT2D eigenvalue weighted by Crippen LogP contribution is -2.40. The SMILES string of the molecule is CC(C)(C)c1ccc(CO[C@@H]2CNCC[C@@H]2c2ccoc2)cc1. The summed E-state index contributed by atoms with van der Waals surface area (Å²) in [6, 6.07) is 10.9. The summed E-state index contributed by atoms with van der Waals surface area (Å²) in [4.78, 5) is 0. The molecule has 0 radical (unpaired) electrons. The van der Waals surface area contributed by atoms with Crippen LogP contribution in [-0.2, 0) is 16.8 Å². The van der Waals surface area contributed by atoms with Crippen molar-refractivity contribution in [1.29, 1.82) is 0 Å². The van der Waals surface area contributed by atoms with Crippen LogP contribution in [0, 0.1) is 0 Å². The molecule has 124 valence electrons. The largest absolute Gasteiger partial charge is 0.472 e. The fraction of sp³-hybridized carbons (Fsp3) is 0.500. The molecule has 1 N–H and O–H groups in total. The van der Waals surface area contributed by atoms with Crippen LogP contribution < -0.4 is 5.32 Å². The van der Waals surface area contributed by atoms with Gasteiger partial charge in [0.25, 0.3) is 0 Å². The minimum absolute atomic E-state index is 0.194. The van der Waals surface area contributed by atoms with Crippen LogP contribution in [0.3, 0.4) is 0 Å². The third-order valence-corrected chi connectivity index (χ3v) is 4.68. The van der Waals surface area contributed by atoms with Gasteiger partial charge in [0.05, 0.1) is 25.2 Å². The molecule has 1 aromatic heterocycles. The zero-order chi connectivity index (χ0) is 16.3. The Kier molecular flexibility index (Phi) is 4.88. The van der Waals surface area contributed by atoms with Crippen molar-refractivity contribution in [3.63, 3.8) is 0 Å². The van der Waals surface area contributed by atoms with Crippen molar-refractivity contribution in [2.45, 2.75) is 51.2 Å². The number of furan rings is 1. The number of hydrogen-bond donors (Lipinski definition) is 1. The van der Waals surface area contributed by atoms with Crippen LogP contribution in [-0.4, -0.2) is 19.2 Å². The van der Waals surface area contributed by atoms with Crippen molar-refractivity contribution in [3.8, 4) is 0 Å². The average molecular weight is 313 g/mol. The zero-order valence-electron chi connectivity index (χ0n) is 14.3. The molecule has 1 aliphatic heterocycles. The van der Waals surface area contributed by atoms with Gasteiger partial charge in [0.1, 0.15) is 0 Å². The van der Waals surface area contributed by atoms with Gasteiger partial charge in [-0.05, 0) is 41.1 Å². The third-order valence-electron chi connectivity index (χ3n) is 4.68. The van der Waals surface area contributed by atoms with E-state index >= 15 is 0 Å². The van der Waals surface area contributed by atoms with E-state index in [4.69, 9.17) is 9.15 Å². The topological polar surface area (TPSA) is 34.4 Å². The van der Waals surface area contributed by atoms with Gasteiger partial charge < -0.3 is 14.5 Å². The van der Waals surface area contributed by atoms with Crippen LogP contribution in [0.25, 0.3) is 0 Å². The Morgan fingerprint density at radius 1 is 1.17 bits per heavy atom. The Morgan fingerprint density at radius 3 is 2.61 bits per heavy atom. The quantitative estimate of drug-likeness (QED) is 0.917. The summed E-state index contributed by atoms with van der Waals surface area (Å²) < 4.78 is 11.5. The predicted octanol–water partition coefficient (Wildman–Crippen LogP) is 4.24. The maximum atomic E-state index is 6.23. The molecule has 1 fully saturated rings. The molecule has 0 unspecified atom stereocenters. The molecule has 23 heavy (non-hydrogen) atoms. The highest BCUT2D eigenvalue weighted by molar-refractivity contribution is 5.27. The van der Waals surface area contributed by atoms with E-state index in [-0.39, 0.29) is 11.5 Å². The van der Waals surface area contributed by atoms with Crippen molar-refractivity contribution in [3.05, 3.63) is 59.5 Å². The zero-order valence-corrected chi connectivity index (χ0v) is 14.3. The second-order valence-electron chi connectivity index (χ2n) is 7.45. The highest BCUT2D eigenvalue weighted by Crippen LogP contribution is 2.29. The van der Waals surface area contributed by atoms with Gasteiger partial charge in [0.2, 0.25) is 0 Å². The molecule has 0 bridgehead atoms. The molecule has 0 spiro atoms. The molecule has 1 aliphatic rings. The molecule has 1 aromatic carbocycles. The van der Waals surface area contributed by atoms with Crippen LogP contribution >= 0.6 is 0 Å². The first-order valence-electron chi connectivity index (χ1n) is 8.48. The fourth-order valence-electron chi connectivity index (χ4n) is 3.18. The first kappa shape index (κ1) is 16.3. The van der Waals surface area contributed by atoms with E-state index < -0.39 is 0 Å². The lowest BCUT2D eigenvalue weighted by molar-refractivity contribution is 0.0105. The molecule has 0 saturated carbocycles. The average Bonchev–Trinajstić information content (AvgIpc) is 3.07. The first-order chi connectivity index (χ1) is 11.0. The van der Waals surface area contributed by atoms with E-state index in [2.05, 4.69) is 56.4 Å². The number of piperidine rings is 1. The van der Waals surface area contributed by atoms with Gasteiger partial charge in [-0.2, -0.15) is 0 Å². The van der Waals surface area contributed by atoms with Gasteiger partial charge in [-0.25, -0.2) is 0 Å². The van der Waals surface area contributed by atoms with Gasteiger partial charge >= 0.3 is 0 Å². The Bertz CT molecular complexity index is 596. The fourth-order valence-corrected chi connectivity index (χ4v) is 3.18. The van der Waals surface area contributed by atoms with Crippen molar-refractivity contribution in [2.24, 2.45) is 0 Å². The van der Waals surface area contributed by atoms with E-state index in [0.29, 0.717) is 12.5 Å². The predicted molar refractivity (Wildman–Crippen MR) is 92.7 cm³/mol. The minimum Gasteiger partial charge on any atom is -0.472 e. The first-order valence-corrected chi connectivity index (χ1v) is 8.48. The second kappa shape index (κ2) is 6.90. The van der Waals surface area contributed by atoms with E-state index in [9.17, 15) is 0 Å². The van der Waals surface area contributed by atoms with E-state index in [1.54, 1.807) is 6.26 Å². The summed E-state index contributed by atoms with van der Waals surface area (Å²) in [5.41, 5.74) is 4.03. The molecular formula is C20H27NO2. The normalized spacial score (nSPS) is 22.2. The van der Waals surface area contributed by atoms with Crippen LogP contribution in [0.5, 0.6) is 0 Å². The van der Waals surface area contributed by atoms with Gasteiger partial charge in [-0.15, -0.1) is 0 Å². The number of benzene rings is 1. The molecule has 3 rings (SSSR count). The van der Waals surface area contributed by atoms with Gasteiger partial charge in [0, 0.05) is 12.5 Å². The molecule has 2 atom stereocenters. The van der Waals surface area contributed by atoms with Crippen LogP contribution in [0.2, 0.25) is 0 Å². The van der Waals surface area contributed by atoms with Crippen molar-refractivity contribution in [1.82, 2.24) is 5.32 Å². The van der Waals surface area contributed by atoms with Crippen molar-refractivity contribution >= 4 is 0 Å². The summed E-state index contributed by atoms with van der Waals surface area (Å²) in [5.74, 6) is 0.420. The number of ether oxygens (including phenoxy) is 1. The molecule has 3 heteroatoms. The Morgan fingerprint density at radius 2 is 1.96 bits per heavy atom. The highest BCUT2D eigenvalue weighted by Gasteiger charge is 2.27. The van der Waals surface area contributed by atoms with Crippen LogP contribution in [0.4, 0.5) is 0 Å². The number of rotatable bonds is 4. The maximum absolute atomic E-state index is 6.23. The smallest absolute Gasteiger partial charge is 0.0938 e. The lowest BCUT2D eigenvalue weighted by atomic mass is 9.87. The van der Waals surface area contributed by atoms with Crippen molar-refractivity contribution in [2.75, 3.05) is 13.1 Å². The van der Waals surface area contributed by atoms with Gasteiger partial charge in [-0.1, -0.05) is 45.0 Å². The number of hydrogen-bond acceptors (Lipinski definition) is 3. The van der Waals surface area contributed by atoms with Crippen LogP contribution in [0.1, 0.15) is 49.8 Å². The molecule has 0 aliphatic carbocycles. The summed E-state index contributed by atoms with van der Waals surface area (Å²) in [5, 5.41) is 3.44. The summed E-state index contributed by atoms with van der Waals surface area (Å²) in [6.07, 6.45) is 4.89. The van der Waals surface area contributed by atoms with E-state index in [1.807, 2.05) is 6.26 Å². The molecule has 2 aromatic rings. The maximum Gasteiger partial charge on any atom is 0.0938 e. The number of nitrogens with one attached hydrogen (secondary N) is 1. The Balaban J connectivity index is 1.62. The molecule has 0 amide bonds. The standard InChI is InChI=1S/C20H27NO2/c1-20(2,3)17-6-4-15(5-7-17)13-23-19-12-21-10-8-18(19)16-9-11-22-14-16/h4-7,9,11,14,18-19,21H,8,10,12-13H2,1-3H3/t18-,19-/m1/s1. The highest BCUT2D eigenvalue weighted by atomic mass is 16.5. The van der Waals surface area contributed by atoms with Gasteiger partial charge in [-0.3, -0.25) is 0 Å². The molecule has 1 saturated heterocycles. The lowest BCUT2D eigenvalue weighted by Gasteiger charge is -2.31. The third kappa shape index (κ3) is 4.04. The molecular weight excluding hydrogens is 286 g/mol.